The molecule has 2 amide bonds. The summed E-state index contributed by atoms with van der Waals surface area (Å²) in [4.78, 5) is 41.2. The minimum absolute atomic E-state index is 0. The number of likely N-dealkylation sites (tertiary alicyclic amines) is 1. The summed E-state index contributed by atoms with van der Waals surface area (Å²) in [5.41, 5.74) is 14.0. The zero-order chi connectivity index (χ0) is 29.2. The van der Waals surface area contributed by atoms with Crippen molar-refractivity contribution < 1.29 is 23.5 Å². The maximum atomic E-state index is 14.9. The number of amides is 2. The Balaban J connectivity index is 0.00000329. The van der Waals surface area contributed by atoms with Crippen LogP contribution in [0.25, 0.3) is 10.9 Å². The van der Waals surface area contributed by atoms with Crippen molar-refractivity contribution in [3.8, 4) is 0 Å². The summed E-state index contributed by atoms with van der Waals surface area (Å²) in [7, 11) is 0. The highest BCUT2D eigenvalue weighted by Gasteiger charge is 2.61. The Morgan fingerprint density at radius 1 is 1.02 bits per heavy atom. The molecule has 4 N–H and O–H groups in total. The third-order valence-electron chi connectivity index (χ3n) is 11.8. The molecule has 43 heavy (non-hydrogen) atoms. The van der Waals surface area contributed by atoms with Gasteiger partial charge in [0.2, 0.25) is 0 Å². The van der Waals surface area contributed by atoms with Crippen molar-refractivity contribution in [2.24, 2.45) is 35.1 Å². The number of ether oxygens (including phenoxy) is 1. The Kier molecular flexibility index (Phi) is 8.14. The molecular weight excluding hydrogens is 571 g/mol. The van der Waals surface area contributed by atoms with E-state index in [1.54, 1.807) is 0 Å². The first-order valence-corrected chi connectivity index (χ1v) is 16.2. The molecule has 10 heteroatoms. The Morgan fingerprint density at radius 2 is 1.74 bits per heavy atom. The third kappa shape index (κ3) is 4.64. The average Bonchev–Trinajstić information content (AvgIpc) is 3.67. The number of quaternary nitrogens is 1. The van der Waals surface area contributed by atoms with Crippen molar-refractivity contribution in [2.45, 2.75) is 101 Å². The van der Waals surface area contributed by atoms with Crippen molar-refractivity contribution in [3.05, 3.63) is 30.0 Å². The van der Waals surface area contributed by atoms with Gasteiger partial charge in [-0.05, 0) is 68.9 Å². The third-order valence-corrected chi connectivity index (χ3v) is 11.8. The summed E-state index contributed by atoms with van der Waals surface area (Å²) in [6, 6.07) is 6.80. The van der Waals surface area contributed by atoms with Gasteiger partial charge >= 0.3 is 11.9 Å². The number of benzene rings is 1. The highest BCUT2D eigenvalue weighted by molar-refractivity contribution is 6.02. The van der Waals surface area contributed by atoms with Crippen LogP contribution in [0.3, 0.4) is 0 Å². The highest BCUT2D eigenvalue weighted by Crippen LogP contribution is 2.51. The van der Waals surface area contributed by atoms with Crippen LogP contribution in [-0.2, 0) is 20.1 Å². The van der Waals surface area contributed by atoms with Gasteiger partial charge < -0.3 is 16.2 Å². The SMILES string of the molecule is Cl.NC(=O)[C@@H]1[C@H](C2CCCCC2)CC[N+]1(C(=O)C1CCC([C@H](N)CF)CC1)c1ccc2c(c1)cc1n2C2(CCC2)OC1=O. The van der Waals surface area contributed by atoms with Gasteiger partial charge in [-0.15, -0.1) is 12.4 Å². The van der Waals surface area contributed by atoms with Gasteiger partial charge in [-0.2, -0.15) is 0 Å². The van der Waals surface area contributed by atoms with Crippen LogP contribution >= 0.6 is 12.4 Å². The summed E-state index contributed by atoms with van der Waals surface area (Å²) in [5.74, 6) is -0.353. The normalized spacial score (nSPS) is 32.6. The Hall–Kier alpha value is -2.49. The lowest BCUT2D eigenvalue weighted by molar-refractivity contribution is -0.142. The zero-order valence-electron chi connectivity index (χ0n) is 24.8. The van der Waals surface area contributed by atoms with E-state index in [1.807, 2.05) is 28.8 Å². The summed E-state index contributed by atoms with van der Waals surface area (Å²) >= 11 is 0. The lowest BCUT2D eigenvalue weighted by Crippen LogP contribution is -2.65. The second kappa shape index (κ2) is 11.5. The number of carbonyl (C=O) groups is 3. The number of hydrogen-bond acceptors (Lipinski definition) is 5. The monoisotopic (exact) mass is 615 g/mol. The summed E-state index contributed by atoms with van der Waals surface area (Å²) in [6.45, 7) is -0.00481. The largest absolute Gasteiger partial charge is 0.434 e. The summed E-state index contributed by atoms with van der Waals surface area (Å²) in [5, 5.41) is 0.887. The predicted octanol–water partition coefficient (Wildman–Crippen LogP) is 5.46. The second-order valence-corrected chi connectivity index (χ2v) is 13.9. The minimum atomic E-state index is -0.624. The van der Waals surface area contributed by atoms with Crippen molar-refractivity contribution in [3.63, 3.8) is 0 Å². The topological polar surface area (TPSA) is 117 Å². The van der Waals surface area contributed by atoms with Gasteiger partial charge in [0.25, 0.3) is 5.91 Å². The molecule has 4 fully saturated rings. The van der Waals surface area contributed by atoms with Crippen LogP contribution in [0.2, 0.25) is 0 Å². The fourth-order valence-corrected chi connectivity index (χ4v) is 9.49. The molecule has 3 aliphatic carbocycles. The average molecular weight is 616 g/mol. The van der Waals surface area contributed by atoms with Gasteiger partial charge in [-0.3, -0.25) is 9.36 Å². The smallest absolute Gasteiger partial charge is 0.357 e. The van der Waals surface area contributed by atoms with Gasteiger partial charge in [0.1, 0.15) is 18.1 Å². The molecule has 1 spiro atoms. The molecular formula is C33H45ClFN4O4+. The molecule has 1 aromatic heterocycles. The van der Waals surface area contributed by atoms with Crippen LogP contribution in [0.15, 0.2) is 24.3 Å². The van der Waals surface area contributed by atoms with E-state index in [0.717, 1.165) is 68.0 Å². The standard InChI is InChI=1S/C33H43FN4O4.ClH/c34-19-26(35)21-7-9-22(10-8-21)31(40)38(16-13-25(29(38)30(36)39)20-5-2-1-3-6-20)24-11-12-27-23(17-24)18-28-32(41)42-33(37(27)28)14-4-15-33;/h11-12,17-18,20-22,25-26,29H,1-10,13-16,19,35H2,(H-,36,39);1H/p+1/t21?,22?,25-,26+,29-,38?;/m0./s1. The Morgan fingerprint density at radius 3 is 2.37 bits per heavy atom. The number of nitrogens with two attached hydrogens (primary N) is 2. The van der Waals surface area contributed by atoms with E-state index in [9.17, 15) is 18.8 Å². The fourth-order valence-electron chi connectivity index (χ4n) is 9.49. The van der Waals surface area contributed by atoms with Crippen LogP contribution in [0.5, 0.6) is 0 Å². The number of carbonyl (C=O) groups excluding carboxylic acids is 3. The van der Waals surface area contributed by atoms with Crippen LogP contribution in [0.1, 0.15) is 94.0 Å². The molecule has 4 atom stereocenters. The number of hydrogen-bond donors (Lipinski definition) is 2. The van der Waals surface area contributed by atoms with Crippen molar-refractivity contribution >= 4 is 46.8 Å². The van der Waals surface area contributed by atoms with Crippen LogP contribution < -0.4 is 16.0 Å². The number of aromatic nitrogens is 1. The molecule has 2 aliphatic heterocycles. The van der Waals surface area contributed by atoms with E-state index < -0.39 is 30.4 Å². The van der Waals surface area contributed by atoms with Gasteiger partial charge in [0.15, 0.2) is 11.8 Å². The Labute approximate surface area is 258 Å². The van der Waals surface area contributed by atoms with E-state index in [2.05, 4.69) is 0 Å². The highest BCUT2D eigenvalue weighted by atomic mass is 35.5. The summed E-state index contributed by atoms with van der Waals surface area (Å²) < 4.78 is 21.1. The first-order valence-electron chi connectivity index (χ1n) is 16.2. The lowest BCUT2D eigenvalue weighted by Gasteiger charge is -2.42. The molecule has 2 aromatic rings. The van der Waals surface area contributed by atoms with E-state index in [1.165, 1.54) is 6.42 Å². The van der Waals surface area contributed by atoms with Gasteiger partial charge in [-0.1, -0.05) is 19.3 Å². The van der Waals surface area contributed by atoms with Crippen molar-refractivity contribution in [2.75, 3.05) is 13.2 Å². The molecule has 0 radical (unpaired) electrons. The molecule has 3 saturated carbocycles. The van der Waals surface area contributed by atoms with Gasteiger partial charge in [0, 0.05) is 48.7 Å². The van der Waals surface area contributed by atoms with E-state index in [4.69, 9.17) is 16.2 Å². The maximum Gasteiger partial charge on any atom is 0.357 e. The van der Waals surface area contributed by atoms with Crippen molar-refractivity contribution in [1.29, 1.82) is 0 Å². The quantitative estimate of drug-likeness (QED) is 0.330. The van der Waals surface area contributed by atoms with Gasteiger partial charge in [-0.25, -0.2) is 18.5 Å². The van der Waals surface area contributed by atoms with Gasteiger partial charge in [0.05, 0.1) is 18.0 Å². The zero-order valence-corrected chi connectivity index (χ0v) is 25.7. The molecule has 234 valence electrons. The summed E-state index contributed by atoms with van der Waals surface area (Å²) in [6.07, 6.45) is 11.8. The molecule has 1 saturated heterocycles. The van der Waals surface area contributed by atoms with E-state index >= 15 is 0 Å². The van der Waals surface area contributed by atoms with E-state index in [0.29, 0.717) is 43.8 Å². The van der Waals surface area contributed by atoms with E-state index in [-0.39, 0.29) is 46.5 Å². The molecule has 7 rings (SSSR count). The molecule has 0 bridgehead atoms. The number of esters is 1. The molecule has 5 aliphatic rings. The number of alkyl halides is 1. The first-order chi connectivity index (χ1) is 20.3. The number of nitrogens with zero attached hydrogens (tertiary/aromatic N) is 2. The van der Waals surface area contributed by atoms with Crippen molar-refractivity contribution in [1.82, 2.24) is 9.05 Å². The first kappa shape index (κ1) is 30.5. The Bertz CT molecular complexity index is 1410. The molecule has 8 nitrogen and oxygen atoms in total. The fraction of sp³-hybridized carbons (Fsp3) is 0.667. The second-order valence-electron chi connectivity index (χ2n) is 13.9. The van der Waals surface area contributed by atoms with Crippen LogP contribution in [-0.4, -0.2) is 47.7 Å². The molecule has 1 aromatic carbocycles. The maximum absolute atomic E-state index is 14.9. The number of rotatable bonds is 6. The van der Waals surface area contributed by atoms with Crippen LogP contribution in [0.4, 0.5) is 10.1 Å². The predicted molar refractivity (Wildman–Crippen MR) is 165 cm³/mol. The number of halogens is 2. The number of fused-ring (bicyclic) bond motifs is 4. The lowest BCUT2D eigenvalue weighted by atomic mass is 9.75. The number of primary amides is 1. The molecule has 1 unspecified atom stereocenters. The minimum Gasteiger partial charge on any atom is -0.434 e. The molecule has 3 heterocycles. The van der Waals surface area contributed by atoms with Crippen LogP contribution in [0, 0.1) is 23.7 Å².